The topological polar surface area (TPSA) is 87.0 Å². The van der Waals surface area contributed by atoms with Crippen molar-refractivity contribution in [2.75, 3.05) is 32.6 Å². The predicted molar refractivity (Wildman–Crippen MR) is 109 cm³/mol. The maximum absolute atomic E-state index is 9.18. The van der Waals surface area contributed by atoms with Gasteiger partial charge in [0.25, 0.3) is 5.88 Å². The summed E-state index contributed by atoms with van der Waals surface area (Å²) >= 11 is 2.29. The van der Waals surface area contributed by atoms with Gasteiger partial charge in [0.2, 0.25) is 5.69 Å². The number of pyridine rings is 1. The maximum Gasteiger partial charge on any atom is 0.253 e. The Hall–Kier alpha value is -2.51. The molecule has 0 saturated heterocycles. The Morgan fingerprint density at radius 3 is 2.85 bits per heavy atom. The Morgan fingerprint density at radius 1 is 1.23 bits per heavy atom. The quantitative estimate of drug-likeness (QED) is 0.566. The van der Waals surface area contributed by atoms with Gasteiger partial charge in [-0.05, 0) is 54.2 Å². The van der Waals surface area contributed by atoms with Crippen molar-refractivity contribution in [2.24, 2.45) is 0 Å². The minimum absolute atomic E-state index is 0.162. The first kappa shape index (κ1) is 18.3. The molecule has 8 heteroatoms. The minimum Gasteiger partial charge on any atom is -0.474 e. The first-order valence-electron chi connectivity index (χ1n) is 7.93. The SMILES string of the molecule is CN(C)CCOc1nc(Nc2cc3cccc(I)c3cn2)cnc1C#N. The van der Waals surface area contributed by atoms with Crippen LogP contribution < -0.4 is 10.1 Å². The standard InChI is InChI=1S/C18H17IN6O/c1-25(2)6-7-26-18-15(9-20)21-11-17(24-18)23-16-8-12-4-3-5-14(19)13(12)10-22-16/h3-5,8,10-11H,6-7H2,1-2H3,(H,22,23,24). The lowest BCUT2D eigenvalue weighted by Crippen LogP contribution is -2.20. The lowest BCUT2D eigenvalue weighted by atomic mass is 10.2. The zero-order chi connectivity index (χ0) is 18.5. The molecule has 0 saturated carbocycles. The molecule has 0 amide bonds. The number of hydrogen-bond donors (Lipinski definition) is 1. The van der Waals surface area contributed by atoms with Gasteiger partial charge >= 0.3 is 0 Å². The van der Waals surface area contributed by atoms with E-state index in [2.05, 4.69) is 42.9 Å². The third kappa shape index (κ3) is 4.36. The summed E-state index contributed by atoms with van der Waals surface area (Å²) in [6.07, 6.45) is 3.32. The van der Waals surface area contributed by atoms with Crippen LogP contribution in [0.25, 0.3) is 10.8 Å². The molecular formula is C18H17IN6O. The summed E-state index contributed by atoms with van der Waals surface area (Å²) in [5.41, 5.74) is 0.162. The molecule has 0 atom stereocenters. The lowest BCUT2D eigenvalue weighted by Gasteiger charge is -2.12. The van der Waals surface area contributed by atoms with E-state index in [0.717, 1.165) is 20.9 Å². The number of nitriles is 1. The van der Waals surface area contributed by atoms with Crippen LogP contribution in [0.15, 0.2) is 36.7 Å². The lowest BCUT2D eigenvalue weighted by molar-refractivity contribution is 0.252. The second-order valence-corrected chi connectivity index (χ2v) is 6.99. The molecule has 2 aromatic heterocycles. The first-order valence-corrected chi connectivity index (χ1v) is 9.00. The largest absolute Gasteiger partial charge is 0.474 e. The monoisotopic (exact) mass is 460 g/mol. The van der Waals surface area contributed by atoms with Gasteiger partial charge in [-0.1, -0.05) is 12.1 Å². The maximum atomic E-state index is 9.18. The average molecular weight is 460 g/mol. The molecule has 0 bridgehead atoms. The Balaban J connectivity index is 1.82. The number of aromatic nitrogens is 3. The molecule has 1 N–H and O–H groups in total. The normalized spacial score (nSPS) is 10.7. The number of hydrogen-bond acceptors (Lipinski definition) is 7. The van der Waals surface area contributed by atoms with Gasteiger partial charge in [-0.15, -0.1) is 0 Å². The van der Waals surface area contributed by atoms with Crippen molar-refractivity contribution in [2.45, 2.75) is 0 Å². The fourth-order valence-electron chi connectivity index (χ4n) is 2.27. The van der Waals surface area contributed by atoms with E-state index in [0.29, 0.717) is 18.2 Å². The minimum atomic E-state index is 0.162. The molecule has 0 unspecified atom stereocenters. The number of nitrogens with one attached hydrogen (secondary N) is 1. The first-order chi connectivity index (χ1) is 12.6. The van der Waals surface area contributed by atoms with Crippen molar-refractivity contribution in [1.82, 2.24) is 19.9 Å². The van der Waals surface area contributed by atoms with Gasteiger partial charge < -0.3 is 15.0 Å². The van der Waals surface area contributed by atoms with E-state index in [4.69, 9.17) is 4.74 Å². The second-order valence-electron chi connectivity index (χ2n) is 5.83. The fourth-order valence-corrected chi connectivity index (χ4v) is 2.93. The van der Waals surface area contributed by atoms with Crippen molar-refractivity contribution in [3.8, 4) is 11.9 Å². The summed E-state index contributed by atoms with van der Waals surface area (Å²) < 4.78 is 6.75. The van der Waals surface area contributed by atoms with Crippen molar-refractivity contribution in [1.29, 1.82) is 5.26 Å². The van der Waals surface area contributed by atoms with Gasteiger partial charge in [-0.2, -0.15) is 10.2 Å². The summed E-state index contributed by atoms with van der Waals surface area (Å²) in [6, 6.07) is 10.0. The van der Waals surface area contributed by atoms with E-state index in [1.165, 1.54) is 6.20 Å². The van der Waals surface area contributed by atoms with Crippen molar-refractivity contribution in [3.63, 3.8) is 0 Å². The van der Waals surface area contributed by atoms with Gasteiger partial charge in [0.1, 0.15) is 18.5 Å². The zero-order valence-corrected chi connectivity index (χ0v) is 16.6. The number of ether oxygens (including phenoxy) is 1. The van der Waals surface area contributed by atoms with Crippen LogP contribution in [-0.4, -0.2) is 47.1 Å². The van der Waals surface area contributed by atoms with Gasteiger partial charge in [-0.25, -0.2) is 9.97 Å². The predicted octanol–water partition coefficient (Wildman–Crippen LogP) is 3.19. The van der Waals surface area contributed by atoms with Crippen molar-refractivity contribution in [3.05, 3.63) is 45.9 Å². The van der Waals surface area contributed by atoms with Crippen LogP contribution in [0.1, 0.15) is 5.69 Å². The van der Waals surface area contributed by atoms with Gasteiger partial charge in [0.15, 0.2) is 5.82 Å². The molecular weight excluding hydrogens is 443 g/mol. The summed E-state index contributed by atoms with van der Waals surface area (Å²) in [6.45, 7) is 1.14. The zero-order valence-electron chi connectivity index (χ0n) is 14.4. The molecule has 7 nitrogen and oxygen atoms in total. The van der Waals surface area contributed by atoms with Crippen LogP contribution in [0.3, 0.4) is 0 Å². The van der Waals surface area contributed by atoms with E-state index in [1.54, 1.807) is 0 Å². The second kappa shape index (κ2) is 8.25. The van der Waals surface area contributed by atoms with Crippen LogP contribution >= 0.6 is 22.6 Å². The van der Waals surface area contributed by atoms with Gasteiger partial charge in [0, 0.05) is 21.7 Å². The number of nitrogens with zero attached hydrogens (tertiary/aromatic N) is 5. The highest BCUT2D eigenvalue weighted by molar-refractivity contribution is 14.1. The van der Waals surface area contributed by atoms with Crippen molar-refractivity contribution >= 4 is 45.0 Å². The van der Waals surface area contributed by atoms with Gasteiger partial charge in [-0.3, -0.25) is 0 Å². The molecule has 132 valence electrons. The molecule has 2 heterocycles. The molecule has 0 fully saturated rings. The summed E-state index contributed by atoms with van der Waals surface area (Å²) in [5, 5.41) is 14.5. The highest BCUT2D eigenvalue weighted by Gasteiger charge is 2.10. The van der Waals surface area contributed by atoms with E-state index in [9.17, 15) is 5.26 Å². The summed E-state index contributed by atoms with van der Waals surface area (Å²) in [4.78, 5) is 14.9. The highest BCUT2D eigenvalue weighted by atomic mass is 127. The van der Waals surface area contributed by atoms with Crippen molar-refractivity contribution < 1.29 is 4.74 Å². The number of halogens is 1. The number of fused-ring (bicyclic) bond motifs is 1. The molecule has 3 rings (SSSR count). The Bertz CT molecular complexity index is 970. The Morgan fingerprint density at radius 2 is 2.08 bits per heavy atom. The molecule has 1 aromatic carbocycles. The van der Waals surface area contributed by atoms with E-state index >= 15 is 0 Å². The molecule has 26 heavy (non-hydrogen) atoms. The number of rotatable bonds is 6. The molecule has 0 spiro atoms. The van der Waals surface area contributed by atoms with Crippen LogP contribution in [0.2, 0.25) is 0 Å². The number of anilines is 2. The third-order valence-electron chi connectivity index (χ3n) is 3.59. The van der Waals surface area contributed by atoms with E-state index in [-0.39, 0.29) is 11.6 Å². The van der Waals surface area contributed by atoms with Crippen LogP contribution in [0.4, 0.5) is 11.6 Å². The van der Waals surface area contributed by atoms with Gasteiger partial charge in [0.05, 0.1) is 6.20 Å². The molecule has 0 aliphatic rings. The van der Waals surface area contributed by atoms with Crippen LogP contribution in [-0.2, 0) is 0 Å². The molecule has 0 aliphatic carbocycles. The molecule has 0 radical (unpaired) electrons. The van der Waals surface area contributed by atoms with Crippen LogP contribution in [0, 0.1) is 14.9 Å². The summed E-state index contributed by atoms with van der Waals surface area (Å²) in [7, 11) is 3.90. The van der Waals surface area contributed by atoms with E-state index in [1.807, 2.05) is 55.5 Å². The summed E-state index contributed by atoms with van der Waals surface area (Å²) in [5.74, 6) is 1.34. The van der Waals surface area contributed by atoms with E-state index < -0.39 is 0 Å². The average Bonchev–Trinajstić information content (AvgIpc) is 2.62. The smallest absolute Gasteiger partial charge is 0.253 e. The fraction of sp³-hybridized carbons (Fsp3) is 0.222. The highest BCUT2D eigenvalue weighted by Crippen LogP contribution is 2.24. The number of benzene rings is 1. The molecule has 0 aliphatic heterocycles. The Labute approximate surface area is 165 Å². The van der Waals surface area contributed by atoms with Crippen LogP contribution in [0.5, 0.6) is 5.88 Å². The third-order valence-corrected chi connectivity index (χ3v) is 4.53. The number of likely N-dealkylation sites (N-methyl/N-ethyl adjacent to an activating group) is 1. The Kier molecular flexibility index (Phi) is 5.80. The molecule has 3 aromatic rings.